The first-order valence-corrected chi connectivity index (χ1v) is 4.24. The first-order valence-electron chi connectivity index (χ1n) is 4.24. The zero-order chi connectivity index (χ0) is 9.10. The second kappa shape index (κ2) is 3.39. The maximum Gasteiger partial charge on any atom is 0.0964 e. The van der Waals surface area contributed by atoms with Crippen LogP contribution in [0.2, 0.25) is 0 Å². The highest BCUT2D eigenvalue weighted by molar-refractivity contribution is 6.16. The molecule has 1 aromatic carbocycles. The molecule has 0 spiro atoms. The molecule has 0 radical (unpaired) electrons. The lowest BCUT2D eigenvalue weighted by Gasteiger charge is -2.14. The summed E-state index contributed by atoms with van der Waals surface area (Å²) in [4.78, 5) is 8.45. The molecule has 1 aliphatic rings. The Morgan fingerprint density at radius 1 is 1.23 bits per heavy atom. The van der Waals surface area contributed by atoms with Crippen LogP contribution in [0, 0.1) is 0 Å². The van der Waals surface area contributed by atoms with Gasteiger partial charge < -0.3 is 5.73 Å². The van der Waals surface area contributed by atoms with Crippen LogP contribution in [0.25, 0.3) is 0 Å². The second-order valence-corrected chi connectivity index (χ2v) is 2.96. The lowest BCUT2D eigenvalue weighted by molar-refractivity contribution is 0.743. The minimum Gasteiger partial charge on any atom is -0.398 e. The van der Waals surface area contributed by atoms with Crippen LogP contribution in [-0.2, 0) is 0 Å². The fourth-order valence-corrected chi connectivity index (χ4v) is 1.39. The number of nitrogens with two attached hydrogens (primary N) is 1. The van der Waals surface area contributed by atoms with Gasteiger partial charge in [-0.05, 0) is 6.07 Å². The van der Waals surface area contributed by atoms with E-state index >= 15 is 0 Å². The summed E-state index contributed by atoms with van der Waals surface area (Å²) in [5, 5.41) is 0. The topological polar surface area (TPSA) is 50.7 Å². The van der Waals surface area contributed by atoms with E-state index in [0.717, 1.165) is 11.3 Å². The zero-order valence-electron chi connectivity index (χ0n) is 7.22. The normalized spacial score (nSPS) is 20.5. The largest absolute Gasteiger partial charge is 0.398 e. The van der Waals surface area contributed by atoms with E-state index in [1.807, 2.05) is 24.3 Å². The van der Waals surface area contributed by atoms with Crippen LogP contribution in [0.4, 0.5) is 5.69 Å². The fourth-order valence-electron chi connectivity index (χ4n) is 1.39. The lowest BCUT2D eigenvalue weighted by atomic mass is 10.1. The van der Waals surface area contributed by atoms with Crippen molar-refractivity contribution in [2.75, 3.05) is 12.3 Å². The third-order valence-electron chi connectivity index (χ3n) is 2.07. The Balaban J connectivity index is 2.30. The highest BCUT2D eigenvalue weighted by atomic mass is 14.9. The molecular weight excluding hydrogens is 162 g/mol. The van der Waals surface area contributed by atoms with E-state index in [9.17, 15) is 0 Å². The van der Waals surface area contributed by atoms with Gasteiger partial charge in [0.1, 0.15) is 0 Å². The van der Waals surface area contributed by atoms with Crippen molar-refractivity contribution in [3.63, 3.8) is 0 Å². The van der Waals surface area contributed by atoms with Gasteiger partial charge >= 0.3 is 0 Å². The molecule has 0 fully saturated rings. The van der Waals surface area contributed by atoms with Crippen LogP contribution in [0.3, 0.4) is 0 Å². The van der Waals surface area contributed by atoms with Crippen molar-refractivity contribution in [2.24, 2.45) is 9.98 Å². The standard InChI is InChI=1S/C10H11N3/c11-9-4-2-1-3-8(9)10-7-12-5-6-13-10/h1-6,10H,7,11H2. The van der Waals surface area contributed by atoms with Crippen molar-refractivity contribution in [3.8, 4) is 0 Å². The molecule has 0 saturated heterocycles. The Morgan fingerprint density at radius 3 is 2.77 bits per heavy atom. The summed E-state index contributed by atoms with van der Waals surface area (Å²) in [5.74, 6) is 0. The number of benzene rings is 1. The Hall–Kier alpha value is -1.64. The van der Waals surface area contributed by atoms with E-state index in [4.69, 9.17) is 5.73 Å². The van der Waals surface area contributed by atoms with Crippen LogP contribution in [-0.4, -0.2) is 19.0 Å². The van der Waals surface area contributed by atoms with Gasteiger partial charge in [0, 0.05) is 23.7 Å². The van der Waals surface area contributed by atoms with E-state index < -0.39 is 0 Å². The Morgan fingerprint density at radius 2 is 2.08 bits per heavy atom. The summed E-state index contributed by atoms with van der Waals surface area (Å²) in [6.07, 6.45) is 3.44. The van der Waals surface area contributed by atoms with Crippen LogP contribution in [0.1, 0.15) is 11.6 Å². The van der Waals surface area contributed by atoms with E-state index in [1.54, 1.807) is 12.4 Å². The van der Waals surface area contributed by atoms with Gasteiger partial charge in [-0.2, -0.15) is 0 Å². The maximum atomic E-state index is 5.83. The molecule has 1 aromatic rings. The molecule has 2 N–H and O–H groups in total. The van der Waals surface area contributed by atoms with Gasteiger partial charge in [-0.25, -0.2) is 0 Å². The lowest BCUT2D eigenvalue weighted by Crippen LogP contribution is -2.07. The molecule has 0 saturated carbocycles. The average Bonchev–Trinajstić information content (AvgIpc) is 2.20. The third kappa shape index (κ3) is 1.59. The summed E-state index contributed by atoms with van der Waals surface area (Å²) < 4.78 is 0. The second-order valence-electron chi connectivity index (χ2n) is 2.96. The first kappa shape index (κ1) is 7.98. The highest BCUT2D eigenvalue weighted by Gasteiger charge is 2.12. The van der Waals surface area contributed by atoms with Crippen LogP contribution >= 0.6 is 0 Å². The fraction of sp³-hybridized carbons (Fsp3) is 0.200. The van der Waals surface area contributed by atoms with Gasteiger partial charge in [0.15, 0.2) is 0 Å². The summed E-state index contributed by atoms with van der Waals surface area (Å²) in [5.41, 5.74) is 7.68. The molecule has 1 aliphatic heterocycles. The van der Waals surface area contributed by atoms with E-state index in [-0.39, 0.29) is 6.04 Å². The molecule has 1 atom stereocenters. The molecule has 13 heavy (non-hydrogen) atoms. The van der Waals surface area contributed by atoms with Crippen molar-refractivity contribution in [1.82, 2.24) is 0 Å². The Kier molecular flexibility index (Phi) is 2.08. The molecule has 3 heteroatoms. The monoisotopic (exact) mass is 173 g/mol. The number of para-hydroxylation sites is 1. The smallest absolute Gasteiger partial charge is 0.0964 e. The number of nitrogen functional groups attached to an aromatic ring is 1. The molecule has 3 nitrogen and oxygen atoms in total. The Labute approximate surface area is 77.0 Å². The van der Waals surface area contributed by atoms with Crippen molar-refractivity contribution in [3.05, 3.63) is 29.8 Å². The quantitative estimate of drug-likeness (QED) is 0.642. The predicted molar refractivity (Wildman–Crippen MR) is 55.4 cm³/mol. The zero-order valence-corrected chi connectivity index (χ0v) is 7.22. The van der Waals surface area contributed by atoms with E-state index in [0.29, 0.717) is 6.54 Å². The van der Waals surface area contributed by atoms with E-state index in [2.05, 4.69) is 9.98 Å². The van der Waals surface area contributed by atoms with Gasteiger partial charge in [-0.3, -0.25) is 9.98 Å². The number of hydrogen-bond acceptors (Lipinski definition) is 3. The molecule has 2 rings (SSSR count). The SMILES string of the molecule is Nc1ccccc1C1CN=CC=N1. The molecule has 0 aliphatic carbocycles. The van der Waals surface area contributed by atoms with Gasteiger partial charge in [0.25, 0.3) is 0 Å². The summed E-state index contributed by atoms with van der Waals surface area (Å²) >= 11 is 0. The average molecular weight is 173 g/mol. The molecular formula is C10H11N3. The van der Waals surface area contributed by atoms with Gasteiger partial charge in [-0.1, -0.05) is 18.2 Å². The predicted octanol–water partition coefficient (Wildman–Crippen LogP) is 1.47. The van der Waals surface area contributed by atoms with Gasteiger partial charge in [0.05, 0.1) is 12.6 Å². The van der Waals surface area contributed by atoms with E-state index in [1.165, 1.54) is 0 Å². The number of rotatable bonds is 1. The molecule has 0 amide bonds. The van der Waals surface area contributed by atoms with Crippen molar-refractivity contribution >= 4 is 18.1 Å². The minimum atomic E-state index is 0.103. The first-order chi connectivity index (χ1) is 6.38. The number of anilines is 1. The van der Waals surface area contributed by atoms with Crippen LogP contribution in [0.5, 0.6) is 0 Å². The Bertz CT molecular complexity index is 355. The number of aliphatic imine (C=N–C) groups is 2. The summed E-state index contributed by atoms with van der Waals surface area (Å²) in [7, 11) is 0. The van der Waals surface area contributed by atoms with Crippen molar-refractivity contribution in [2.45, 2.75) is 6.04 Å². The van der Waals surface area contributed by atoms with Crippen molar-refractivity contribution in [1.29, 1.82) is 0 Å². The third-order valence-corrected chi connectivity index (χ3v) is 2.07. The maximum absolute atomic E-state index is 5.83. The van der Waals surface area contributed by atoms with Crippen LogP contribution in [0.15, 0.2) is 34.3 Å². The molecule has 0 bridgehead atoms. The van der Waals surface area contributed by atoms with Crippen molar-refractivity contribution < 1.29 is 0 Å². The van der Waals surface area contributed by atoms with Crippen LogP contribution < -0.4 is 5.73 Å². The minimum absolute atomic E-state index is 0.103. The van der Waals surface area contributed by atoms with Gasteiger partial charge in [0.2, 0.25) is 0 Å². The summed E-state index contributed by atoms with van der Waals surface area (Å²) in [6.45, 7) is 0.699. The number of hydrogen-bond donors (Lipinski definition) is 1. The summed E-state index contributed by atoms with van der Waals surface area (Å²) in [6, 6.07) is 7.89. The molecule has 0 aromatic heterocycles. The molecule has 1 unspecified atom stereocenters. The highest BCUT2D eigenvalue weighted by Crippen LogP contribution is 2.24. The van der Waals surface area contributed by atoms with Gasteiger partial charge in [-0.15, -0.1) is 0 Å². The number of nitrogens with zero attached hydrogens (tertiary/aromatic N) is 2. The molecule has 1 heterocycles. The molecule has 66 valence electrons.